The largest absolute Gasteiger partial charge is 0.336 e. The average Bonchev–Trinajstić information content (AvgIpc) is 2.72. The summed E-state index contributed by atoms with van der Waals surface area (Å²) >= 11 is 0. The second-order valence-corrected chi connectivity index (χ2v) is 7.34. The summed E-state index contributed by atoms with van der Waals surface area (Å²) in [7, 11) is 0. The zero-order valence-electron chi connectivity index (χ0n) is 15.7. The lowest BCUT2D eigenvalue weighted by molar-refractivity contribution is -0.138. The molecule has 6 heteroatoms. The van der Waals surface area contributed by atoms with E-state index in [1.807, 2.05) is 18.2 Å². The van der Waals surface area contributed by atoms with Crippen molar-refractivity contribution in [3.8, 4) is 0 Å². The Morgan fingerprint density at radius 2 is 1.89 bits per heavy atom. The highest BCUT2D eigenvalue weighted by Crippen LogP contribution is 2.27. The number of para-hydroxylation sites is 1. The number of carbonyl (C=O) groups is 2. The van der Waals surface area contributed by atoms with Crippen LogP contribution in [-0.4, -0.2) is 42.4 Å². The molecule has 2 heterocycles. The first-order valence-electron chi connectivity index (χ1n) is 9.77. The number of amides is 2. The monoisotopic (exact) mass is 381 g/mol. The zero-order valence-corrected chi connectivity index (χ0v) is 15.7. The van der Waals surface area contributed by atoms with E-state index in [-0.39, 0.29) is 30.6 Å². The van der Waals surface area contributed by atoms with Crippen LogP contribution in [-0.2, 0) is 22.6 Å². The quantitative estimate of drug-likeness (QED) is 0.885. The third-order valence-electron chi connectivity index (χ3n) is 5.49. The van der Waals surface area contributed by atoms with Gasteiger partial charge in [-0.25, -0.2) is 4.39 Å². The van der Waals surface area contributed by atoms with Crippen molar-refractivity contribution in [1.29, 1.82) is 0 Å². The number of piperazine rings is 1. The summed E-state index contributed by atoms with van der Waals surface area (Å²) in [6.07, 6.45) is 2.01. The smallest absolute Gasteiger partial charge is 0.240 e. The molecule has 0 bridgehead atoms. The molecule has 2 aliphatic rings. The van der Waals surface area contributed by atoms with E-state index in [1.165, 1.54) is 11.6 Å². The molecule has 2 aliphatic heterocycles. The van der Waals surface area contributed by atoms with E-state index in [2.05, 4.69) is 11.4 Å². The fraction of sp³-hybridized carbons (Fsp3) is 0.364. The Kier molecular flexibility index (Phi) is 5.39. The van der Waals surface area contributed by atoms with Gasteiger partial charge in [0.1, 0.15) is 5.82 Å². The molecule has 0 aromatic heterocycles. The summed E-state index contributed by atoms with van der Waals surface area (Å²) in [5.41, 5.74) is 2.62. The molecule has 1 saturated heterocycles. The van der Waals surface area contributed by atoms with Crippen LogP contribution >= 0.6 is 0 Å². The normalized spacial score (nSPS) is 19.5. The standard InChI is InChI=1S/C22H24FN3O2/c23-18-9-3-1-7-17(18)15-25-13-11-24-19(22(25)28)14-21(27)26-12-5-8-16-6-2-4-10-20(16)26/h1-4,6-7,9-10,19,24H,5,8,11-15H2. The van der Waals surface area contributed by atoms with Gasteiger partial charge in [0.15, 0.2) is 0 Å². The van der Waals surface area contributed by atoms with E-state index in [0.717, 1.165) is 18.5 Å². The molecule has 4 rings (SSSR count). The van der Waals surface area contributed by atoms with E-state index in [1.54, 1.807) is 28.0 Å². The summed E-state index contributed by atoms with van der Waals surface area (Å²) in [6.45, 7) is 2.00. The van der Waals surface area contributed by atoms with Crippen molar-refractivity contribution in [1.82, 2.24) is 10.2 Å². The third-order valence-corrected chi connectivity index (χ3v) is 5.49. The fourth-order valence-corrected chi connectivity index (χ4v) is 4.02. The number of carbonyl (C=O) groups excluding carboxylic acids is 2. The second-order valence-electron chi connectivity index (χ2n) is 7.34. The SMILES string of the molecule is O=C1C(CC(=O)N2CCCc3ccccc32)NCCN1Cc1ccccc1F. The highest BCUT2D eigenvalue weighted by Gasteiger charge is 2.33. The van der Waals surface area contributed by atoms with Crippen LogP contribution in [0.3, 0.4) is 0 Å². The van der Waals surface area contributed by atoms with Crippen LogP contribution in [0.2, 0.25) is 0 Å². The molecule has 2 aromatic carbocycles. The summed E-state index contributed by atoms with van der Waals surface area (Å²) in [5.74, 6) is -0.509. The molecule has 2 aromatic rings. The molecule has 1 fully saturated rings. The van der Waals surface area contributed by atoms with E-state index >= 15 is 0 Å². The van der Waals surface area contributed by atoms with Gasteiger partial charge in [0.25, 0.3) is 0 Å². The predicted molar refractivity (Wildman–Crippen MR) is 105 cm³/mol. The van der Waals surface area contributed by atoms with Crippen molar-refractivity contribution in [2.45, 2.75) is 31.8 Å². The van der Waals surface area contributed by atoms with Crippen molar-refractivity contribution in [2.75, 3.05) is 24.5 Å². The lowest BCUT2D eigenvalue weighted by Gasteiger charge is -2.35. The van der Waals surface area contributed by atoms with E-state index in [4.69, 9.17) is 0 Å². The molecule has 28 heavy (non-hydrogen) atoms. The van der Waals surface area contributed by atoms with Crippen molar-refractivity contribution in [3.05, 3.63) is 65.5 Å². The van der Waals surface area contributed by atoms with Gasteiger partial charge in [-0.1, -0.05) is 36.4 Å². The summed E-state index contributed by atoms with van der Waals surface area (Å²) in [5, 5.41) is 3.16. The lowest BCUT2D eigenvalue weighted by Crippen LogP contribution is -2.56. The number of hydrogen-bond donors (Lipinski definition) is 1. The summed E-state index contributed by atoms with van der Waals surface area (Å²) < 4.78 is 13.9. The molecule has 1 unspecified atom stereocenters. The molecule has 0 radical (unpaired) electrons. The maximum atomic E-state index is 13.9. The Morgan fingerprint density at radius 3 is 2.75 bits per heavy atom. The summed E-state index contributed by atoms with van der Waals surface area (Å²) in [6, 6.07) is 13.9. The fourth-order valence-electron chi connectivity index (χ4n) is 4.02. The Labute approximate surface area is 164 Å². The number of aryl methyl sites for hydroxylation is 1. The Bertz CT molecular complexity index is 886. The number of fused-ring (bicyclic) bond motifs is 1. The van der Waals surface area contributed by atoms with E-state index in [9.17, 15) is 14.0 Å². The van der Waals surface area contributed by atoms with Gasteiger partial charge in [0, 0.05) is 37.4 Å². The van der Waals surface area contributed by atoms with Crippen LogP contribution in [0.25, 0.3) is 0 Å². The van der Waals surface area contributed by atoms with Crippen molar-refractivity contribution in [3.63, 3.8) is 0 Å². The Balaban J connectivity index is 1.44. The number of benzene rings is 2. The van der Waals surface area contributed by atoms with Gasteiger partial charge in [-0.05, 0) is 30.5 Å². The molecule has 2 amide bonds. The van der Waals surface area contributed by atoms with Crippen LogP contribution < -0.4 is 10.2 Å². The van der Waals surface area contributed by atoms with Crippen molar-refractivity contribution < 1.29 is 14.0 Å². The van der Waals surface area contributed by atoms with E-state index in [0.29, 0.717) is 25.2 Å². The van der Waals surface area contributed by atoms with Crippen LogP contribution in [0.5, 0.6) is 0 Å². The molecule has 0 saturated carbocycles. The highest BCUT2D eigenvalue weighted by atomic mass is 19.1. The van der Waals surface area contributed by atoms with Gasteiger partial charge in [-0.15, -0.1) is 0 Å². The van der Waals surface area contributed by atoms with Crippen molar-refractivity contribution in [2.24, 2.45) is 0 Å². The van der Waals surface area contributed by atoms with Gasteiger partial charge in [-0.3, -0.25) is 9.59 Å². The number of nitrogens with one attached hydrogen (secondary N) is 1. The molecule has 146 valence electrons. The number of hydrogen-bond acceptors (Lipinski definition) is 3. The van der Waals surface area contributed by atoms with Crippen molar-refractivity contribution >= 4 is 17.5 Å². The van der Waals surface area contributed by atoms with Crippen LogP contribution in [0.1, 0.15) is 24.0 Å². The first kappa shape index (κ1) is 18.6. The molecule has 0 spiro atoms. The highest BCUT2D eigenvalue weighted by molar-refractivity contribution is 5.98. The van der Waals surface area contributed by atoms with Gasteiger partial charge in [0.05, 0.1) is 12.5 Å². The number of halogens is 1. The van der Waals surface area contributed by atoms with Crippen LogP contribution in [0, 0.1) is 5.82 Å². The minimum atomic E-state index is -0.567. The van der Waals surface area contributed by atoms with Gasteiger partial charge >= 0.3 is 0 Å². The first-order chi connectivity index (χ1) is 13.6. The minimum Gasteiger partial charge on any atom is -0.336 e. The first-order valence-corrected chi connectivity index (χ1v) is 9.77. The number of nitrogens with zero attached hydrogens (tertiary/aromatic N) is 2. The minimum absolute atomic E-state index is 0.0502. The predicted octanol–water partition coefficient (Wildman–Crippen LogP) is 2.50. The summed E-state index contributed by atoms with van der Waals surface area (Å²) in [4.78, 5) is 29.3. The molecular weight excluding hydrogens is 357 g/mol. The topological polar surface area (TPSA) is 52.7 Å². The maximum absolute atomic E-state index is 13.9. The molecule has 1 N–H and O–H groups in total. The van der Waals surface area contributed by atoms with Gasteiger partial charge in [-0.2, -0.15) is 0 Å². The average molecular weight is 381 g/mol. The number of anilines is 1. The van der Waals surface area contributed by atoms with Crippen LogP contribution in [0.4, 0.5) is 10.1 Å². The molecule has 5 nitrogen and oxygen atoms in total. The molecule has 0 aliphatic carbocycles. The third kappa shape index (κ3) is 3.78. The van der Waals surface area contributed by atoms with Crippen LogP contribution in [0.15, 0.2) is 48.5 Å². The molecular formula is C22H24FN3O2. The van der Waals surface area contributed by atoms with Gasteiger partial charge < -0.3 is 15.1 Å². The second kappa shape index (κ2) is 8.10. The Hall–Kier alpha value is -2.73. The molecule has 1 atom stereocenters. The number of rotatable bonds is 4. The zero-order chi connectivity index (χ0) is 19.5. The van der Waals surface area contributed by atoms with Gasteiger partial charge in [0.2, 0.25) is 11.8 Å². The Morgan fingerprint density at radius 1 is 1.11 bits per heavy atom. The van der Waals surface area contributed by atoms with E-state index < -0.39 is 6.04 Å². The maximum Gasteiger partial charge on any atom is 0.240 e. The lowest BCUT2D eigenvalue weighted by atomic mass is 10.0.